The molecule has 0 atom stereocenters. The third kappa shape index (κ3) is 2.34. The van der Waals surface area contributed by atoms with Gasteiger partial charge in [0.25, 0.3) is 0 Å². The van der Waals surface area contributed by atoms with Crippen LogP contribution in [0.5, 0.6) is 0 Å². The summed E-state index contributed by atoms with van der Waals surface area (Å²) in [4.78, 5) is 11.7. The monoisotopic (exact) mass is 258 g/mol. The van der Waals surface area contributed by atoms with Crippen molar-refractivity contribution >= 4 is 17.2 Å². The first-order valence-corrected chi connectivity index (χ1v) is 6.47. The van der Waals surface area contributed by atoms with Crippen molar-refractivity contribution in [3.8, 4) is 6.07 Å². The van der Waals surface area contributed by atoms with Crippen LogP contribution in [-0.2, 0) is 6.54 Å². The summed E-state index contributed by atoms with van der Waals surface area (Å²) < 4.78 is 0. The standard InChI is InChI=1S/C13H14N4S/c1-9-4-5-15-13(11(9)6-14)17(3)7-12-10(2)16-8-18-12/h4-5,8H,7H2,1-3H3. The molecule has 2 heterocycles. The Hall–Kier alpha value is -1.93. The largest absolute Gasteiger partial charge is 0.353 e. The van der Waals surface area contributed by atoms with Gasteiger partial charge >= 0.3 is 0 Å². The summed E-state index contributed by atoms with van der Waals surface area (Å²) in [5.74, 6) is 0.727. The van der Waals surface area contributed by atoms with Crippen LogP contribution in [0.2, 0.25) is 0 Å². The first-order valence-electron chi connectivity index (χ1n) is 5.59. The van der Waals surface area contributed by atoms with Crippen molar-refractivity contribution in [1.29, 1.82) is 5.26 Å². The van der Waals surface area contributed by atoms with Crippen LogP contribution >= 0.6 is 11.3 Å². The van der Waals surface area contributed by atoms with E-state index in [1.54, 1.807) is 17.5 Å². The molecule has 0 bridgehead atoms. The molecular formula is C13H14N4S. The van der Waals surface area contributed by atoms with Gasteiger partial charge in [0.15, 0.2) is 0 Å². The van der Waals surface area contributed by atoms with E-state index in [-0.39, 0.29) is 0 Å². The number of rotatable bonds is 3. The number of aryl methyl sites for hydroxylation is 2. The average molecular weight is 258 g/mol. The maximum atomic E-state index is 9.20. The minimum Gasteiger partial charge on any atom is -0.353 e. The summed E-state index contributed by atoms with van der Waals surface area (Å²) in [6.07, 6.45) is 1.74. The predicted octanol–water partition coefficient (Wildman–Crippen LogP) is 2.66. The second-order valence-electron chi connectivity index (χ2n) is 4.16. The number of nitriles is 1. The summed E-state index contributed by atoms with van der Waals surface area (Å²) in [6, 6.07) is 4.08. The van der Waals surface area contributed by atoms with Gasteiger partial charge in [-0.3, -0.25) is 0 Å². The van der Waals surface area contributed by atoms with E-state index in [4.69, 9.17) is 0 Å². The molecule has 0 fully saturated rings. The molecule has 0 spiro atoms. The Labute approximate surface area is 111 Å². The highest BCUT2D eigenvalue weighted by atomic mass is 32.1. The highest BCUT2D eigenvalue weighted by molar-refractivity contribution is 7.09. The highest BCUT2D eigenvalue weighted by Gasteiger charge is 2.13. The van der Waals surface area contributed by atoms with Crippen LogP contribution in [0.25, 0.3) is 0 Å². The lowest BCUT2D eigenvalue weighted by Crippen LogP contribution is -2.19. The third-order valence-corrected chi connectivity index (χ3v) is 3.76. The van der Waals surface area contributed by atoms with Gasteiger partial charge in [-0.15, -0.1) is 11.3 Å². The summed E-state index contributed by atoms with van der Waals surface area (Å²) in [7, 11) is 1.95. The maximum absolute atomic E-state index is 9.20. The number of hydrogen-bond donors (Lipinski definition) is 0. The van der Waals surface area contributed by atoms with Crippen LogP contribution in [0.3, 0.4) is 0 Å². The molecule has 92 valence electrons. The van der Waals surface area contributed by atoms with E-state index in [1.807, 2.05) is 37.4 Å². The molecule has 0 radical (unpaired) electrons. The molecule has 2 rings (SSSR count). The zero-order valence-corrected chi connectivity index (χ0v) is 11.5. The van der Waals surface area contributed by atoms with E-state index < -0.39 is 0 Å². The Morgan fingerprint density at radius 1 is 1.39 bits per heavy atom. The number of hydrogen-bond acceptors (Lipinski definition) is 5. The van der Waals surface area contributed by atoms with Crippen molar-refractivity contribution in [3.05, 3.63) is 39.5 Å². The van der Waals surface area contributed by atoms with E-state index in [2.05, 4.69) is 16.0 Å². The summed E-state index contributed by atoms with van der Waals surface area (Å²) in [5, 5.41) is 9.20. The molecular weight excluding hydrogens is 244 g/mol. The summed E-state index contributed by atoms with van der Waals surface area (Å²) >= 11 is 1.63. The van der Waals surface area contributed by atoms with Gasteiger partial charge in [0.1, 0.15) is 11.9 Å². The van der Waals surface area contributed by atoms with Gasteiger partial charge in [-0.05, 0) is 25.5 Å². The van der Waals surface area contributed by atoms with Crippen LogP contribution in [0.15, 0.2) is 17.8 Å². The minimum atomic E-state index is 0.641. The zero-order valence-electron chi connectivity index (χ0n) is 10.6. The number of nitrogens with zero attached hydrogens (tertiary/aromatic N) is 4. The van der Waals surface area contributed by atoms with Gasteiger partial charge in [-0.25, -0.2) is 9.97 Å². The lowest BCUT2D eigenvalue weighted by Gasteiger charge is -2.19. The Kier molecular flexibility index (Phi) is 3.58. The van der Waals surface area contributed by atoms with Crippen LogP contribution in [0.4, 0.5) is 5.82 Å². The fraction of sp³-hybridized carbons (Fsp3) is 0.308. The topological polar surface area (TPSA) is 52.8 Å². The molecule has 4 nitrogen and oxygen atoms in total. The number of thiazole rings is 1. The van der Waals surface area contributed by atoms with Crippen molar-refractivity contribution in [2.75, 3.05) is 11.9 Å². The first kappa shape index (κ1) is 12.5. The average Bonchev–Trinajstić information content (AvgIpc) is 2.74. The molecule has 2 aromatic heterocycles. The normalized spacial score (nSPS) is 10.1. The van der Waals surface area contributed by atoms with Crippen molar-refractivity contribution in [3.63, 3.8) is 0 Å². The SMILES string of the molecule is Cc1ccnc(N(C)Cc2scnc2C)c1C#N. The fourth-order valence-corrected chi connectivity index (χ4v) is 2.57. The van der Waals surface area contributed by atoms with Gasteiger partial charge in [0.05, 0.1) is 23.3 Å². The second-order valence-corrected chi connectivity index (χ2v) is 5.09. The van der Waals surface area contributed by atoms with E-state index >= 15 is 0 Å². The molecule has 0 amide bonds. The molecule has 0 aromatic carbocycles. The minimum absolute atomic E-state index is 0.641. The molecule has 5 heteroatoms. The third-order valence-electron chi connectivity index (χ3n) is 2.84. The molecule has 0 aliphatic heterocycles. The smallest absolute Gasteiger partial charge is 0.146 e. The molecule has 0 saturated carbocycles. The predicted molar refractivity (Wildman–Crippen MR) is 72.6 cm³/mol. The van der Waals surface area contributed by atoms with Crippen LogP contribution in [-0.4, -0.2) is 17.0 Å². The van der Waals surface area contributed by atoms with Crippen molar-refractivity contribution < 1.29 is 0 Å². The van der Waals surface area contributed by atoms with Crippen LogP contribution < -0.4 is 4.90 Å². The molecule has 0 aliphatic rings. The summed E-state index contributed by atoms with van der Waals surface area (Å²) in [6.45, 7) is 4.64. The molecule has 2 aromatic rings. The van der Waals surface area contributed by atoms with Crippen LogP contribution in [0, 0.1) is 25.2 Å². The van der Waals surface area contributed by atoms with E-state index in [0.717, 1.165) is 23.6 Å². The Morgan fingerprint density at radius 3 is 2.78 bits per heavy atom. The van der Waals surface area contributed by atoms with Crippen molar-refractivity contribution in [2.24, 2.45) is 0 Å². The van der Waals surface area contributed by atoms with Crippen molar-refractivity contribution in [2.45, 2.75) is 20.4 Å². The van der Waals surface area contributed by atoms with Gasteiger partial charge in [0, 0.05) is 18.1 Å². The summed E-state index contributed by atoms with van der Waals surface area (Å²) in [5.41, 5.74) is 4.48. The van der Waals surface area contributed by atoms with E-state index in [0.29, 0.717) is 5.56 Å². The van der Waals surface area contributed by atoms with E-state index in [9.17, 15) is 5.26 Å². The zero-order chi connectivity index (χ0) is 13.1. The lowest BCUT2D eigenvalue weighted by molar-refractivity contribution is 0.896. The first-order chi connectivity index (χ1) is 8.63. The van der Waals surface area contributed by atoms with Gasteiger partial charge in [-0.2, -0.15) is 5.26 Å². The molecule has 0 aliphatic carbocycles. The maximum Gasteiger partial charge on any atom is 0.146 e. The van der Waals surface area contributed by atoms with E-state index in [1.165, 1.54) is 4.88 Å². The van der Waals surface area contributed by atoms with Gasteiger partial charge < -0.3 is 4.90 Å². The Morgan fingerprint density at radius 2 is 2.17 bits per heavy atom. The molecule has 0 saturated heterocycles. The van der Waals surface area contributed by atoms with Gasteiger partial charge in [0.2, 0.25) is 0 Å². The number of pyridine rings is 1. The Bertz CT molecular complexity index is 597. The Balaban J connectivity index is 2.30. The lowest BCUT2D eigenvalue weighted by atomic mass is 10.1. The number of anilines is 1. The van der Waals surface area contributed by atoms with Crippen molar-refractivity contribution in [1.82, 2.24) is 9.97 Å². The fourth-order valence-electron chi connectivity index (χ4n) is 1.74. The molecule has 0 N–H and O–H groups in total. The molecule has 18 heavy (non-hydrogen) atoms. The van der Waals surface area contributed by atoms with Crippen LogP contribution in [0.1, 0.15) is 21.7 Å². The second kappa shape index (κ2) is 5.15. The highest BCUT2D eigenvalue weighted by Crippen LogP contribution is 2.22. The number of aromatic nitrogens is 2. The molecule has 0 unspecified atom stereocenters. The quantitative estimate of drug-likeness (QED) is 0.849. The van der Waals surface area contributed by atoms with Gasteiger partial charge in [-0.1, -0.05) is 0 Å².